The summed E-state index contributed by atoms with van der Waals surface area (Å²) < 4.78 is 5.78. The van der Waals surface area contributed by atoms with Crippen LogP contribution in [-0.4, -0.2) is 24.6 Å². The maximum absolute atomic E-state index is 6.02. The van der Waals surface area contributed by atoms with E-state index < -0.39 is 0 Å². The van der Waals surface area contributed by atoms with Crippen molar-refractivity contribution in [2.45, 2.75) is 53.6 Å². The maximum atomic E-state index is 6.02. The quantitative estimate of drug-likeness (QED) is 0.748. The minimum atomic E-state index is 0.0593. The summed E-state index contributed by atoms with van der Waals surface area (Å²) in [6.45, 7) is 14.6. The van der Waals surface area contributed by atoms with Crippen LogP contribution in [-0.2, 0) is 6.54 Å². The van der Waals surface area contributed by atoms with E-state index in [2.05, 4.69) is 43.9 Å². The van der Waals surface area contributed by atoms with Gasteiger partial charge in [-0.3, -0.25) is 4.90 Å². The lowest BCUT2D eigenvalue weighted by atomic mass is 10.0. The summed E-state index contributed by atoms with van der Waals surface area (Å²) in [4.78, 5) is 2.48. The lowest BCUT2D eigenvalue weighted by molar-refractivity contribution is 0.233. The molecule has 0 heterocycles. The minimum Gasteiger partial charge on any atom is -0.494 e. The van der Waals surface area contributed by atoms with Gasteiger partial charge in [0, 0.05) is 24.7 Å². The third-order valence-corrected chi connectivity index (χ3v) is 4.02. The Labute approximate surface area is 130 Å². The number of hydrogen-bond donors (Lipinski definition) is 1. The zero-order valence-corrected chi connectivity index (χ0v) is 14.4. The van der Waals surface area contributed by atoms with Crippen LogP contribution in [0.4, 0.5) is 0 Å². The molecule has 0 amide bonds. The standard InChI is InChI=1S/C18H32N2O/c1-6-14(4)12-20(7-2)13-17-11-16(15(5)19)9-10-18(17)21-8-3/h9-11,14-15H,6-8,12-13,19H2,1-5H3. The molecule has 3 nitrogen and oxygen atoms in total. The first kappa shape index (κ1) is 18.0. The summed E-state index contributed by atoms with van der Waals surface area (Å²) in [6.07, 6.45) is 1.22. The Bertz CT molecular complexity index is 418. The van der Waals surface area contributed by atoms with Gasteiger partial charge in [0.2, 0.25) is 0 Å². The molecule has 0 aromatic heterocycles. The van der Waals surface area contributed by atoms with Crippen LogP contribution in [0.1, 0.15) is 58.2 Å². The van der Waals surface area contributed by atoms with E-state index in [-0.39, 0.29) is 6.04 Å². The van der Waals surface area contributed by atoms with Gasteiger partial charge in [-0.1, -0.05) is 33.3 Å². The third kappa shape index (κ3) is 5.68. The second-order valence-corrected chi connectivity index (χ2v) is 5.93. The highest BCUT2D eigenvalue weighted by molar-refractivity contribution is 5.38. The van der Waals surface area contributed by atoms with Crippen molar-refractivity contribution in [1.29, 1.82) is 0 Å². The van der Waals surface area contributed by atoms with E-state index in [9.17, 15) is 0 Å². The fourth-order valence-electron chi connectivity index (χ4n) is 2.42. The number of nitrogens with two attached hydrogens (primary N) is 1. The van der Waals surface area contributed by atoms with Gasteiger partial charge in [0.25, 0.3) is 0 Å². The van der Waals surface area contributed by atoms with E-state index in [0.717, 1.165) is 31.3 Å². The van der Waals surface area contributed by atoms with E-state index in [1.54, 1.807) is 0 Å². The largest absolute Gasteiger partial charge is 0.494 e. The van der Waals surface area contributed by atoms with Crippen molar-refractivity contribution in [2.24, 2.45) is 11.7 Å². The van der Waals surface area contributed by atoms with Crippen LogP contribution < -0.4 is 10.5 Å². The summed E-state index contributed by atoms with van der Waals surface area (Å²) in [6, 6.07) is 6.40. The summed E-state index contributed by atoms with van der Waals surface area (Å²) in [7, 11) is 0. The van der Waals surface area contributed by atoms with Crippen molar-refractivity contribution >= 4 is 0 Å². The molecule has 2 N–H and O–H groups in total. The van der Waals surface area contributed by atoms with E-state index in [1.165, 1.54) is 17.5 Å². The molecule has 0 aliphatic rings. The molecule has 2 atom stereocenters. The van der Waals surface area contributed by atoms with Gasteiger partial charge < -0.3 is 10.5 Å². The third-order valence-electron chi connectivity index (χ3n) is 4.02. The number of nitrogens with zero attached hydrogens (tertiary/aromatic N) is 1. The minimum absolute atomic E-state index is 0.0593. The number of ether oxygens (including phenoxy) is 1. The molecular formula is C18H32N2O. The molecular weight excluding hydrogens is 260 g/mol. The molecule has 1 aromatic rings. The Morgan fingerprint density at radius 3 is 2.43 bits per heavy atom. The molecule has 0 spiro atoms. The van der Waals surface area contributed by atoms with Gasteiger partial charge in [0.05, 0.1) is 6.61 Å². The molecule has 21 heavy (non-hydrogen) atoms. The average Bonchev–Trinajstić information content (AvgIpc) is 2.47. The Kier molecular flexibility index (Phi) is 7.76. The van der Waals surface area contributed by atoms with Crippen LogP contribution in [0.15, 0.2) is 18.2 Å². The maximum Gasteiger partial charge on any atom is 0.123 e. The second-order valence-electron chi connectivity index (χ2n) is 5.93. The van der Waals surface area contributed by atoms with Crippen LogP contribution in [0.3, 0.4) is 0 Å². The van der Waals surface area contributed by atoms with Gasteiger partial charge in [-0.05, 0) is 44.0 Å². The van der Waals surface area contributed by atoms with Crippen LogP contribution >= 0.6 is 0 Å². The molecule has 0 aliphatic carbocycles. The van der Waals surface area contributed by atoms with Crippen molar-refractivity contribution in [3.63, 3.8) is 0 Å². The molecule has 2 unspecified atom stereocenters. The summed E-state index contributed by atoms with van der Waals surface area (Å²) in [5.74, 6) is 1.71. The SMILES string of the molecule is CCOc1ccc(C(C)N)cc1CN(CC)CC(C)CC. The molecule has 0 saturated carbocycles. The van der Waals surface area contributed by atoms with Gasteiger partial charge in [-0.25, -0.2) is 0 Å². The van der Waals surface area contributed by atoms with Gasteiger partial charge in [0.15, 0.2) is 0 Å². The predicted molar refractivity (Wildman–Crippen MR) is 90.6 cm³/mol. The zero-order valence-electron chi connectivity index (χ0n) is 14.4. The zero-order chi connectivity index (χ0) is 15.8. The van der Waals surface area contributed by atoms with Crippen molar-refractivity contribution in [2.75, 3.05) is 19.7 Å². The van der Waals surface area contributed by atoms with E-state index in [1.807, 2.05) is 13.8 Å². The predicted octanol–water partition coefficient (Wildman–Crippen LogP) is 3.97. The number of rotatable bonds is 9. The molecule has 0 aliphatic heterocycles. The highest BCUT2D eigenvalue weighted by Crippen LogP contribution is 2.25. The molecule has 1 rings (SSSR count). The number of benzene rings is 1. The fourth-order valence-corrected chi connectivity index (χ4v) is 2.42. The lowest BCUT2D eigenvalue weighted by Crippen LogP contribution is -2.28. The van der Waals surface area contributed by atoms with Gasteiger partial charge >= 0.3 is 0 Å². The molecule has 0 radical (unpaired) electrons. The van der Waals surface area contributed by atoms with Gasteiger partial charge in [-0.2, -0.15) is 0 Å². The van der Waals surface area contributed by atoms with Crippen LogP contribution in [0.5, 0.6) is 5.75 Å². The summed E-state index contributed by atoms with van der Waals surface area (Å²) in [5.41, 5.74) is 8.44. The van der Waals surface area contributed by atoms with Gasteiger partial charge in [0.1, 0.15) is 5.75 Å². The summed E-state index contributed by atoms with van der Waals surface area (Å²) >= 11 is 0. The second kappa shape index (κ2) is 9.06. The number of hydrogen-bond acceptors (Lipinski definition) is 3. The first-order chi connectivity index (χ1) is 10.0. The van der Waals surface area contributed by atoms with Crippen LogP contribution in [0.25, 0.3) is 0 Å². The van der Waals surface area contributed by atoms with Crippen molar-refractivity contribution in [3.8, 4) is 5.75 Å². The molecule has 3 heteroatoms. The molecule has 0 fully saturated rings. The molecule has 0 saturated heterocycles. The van der Waals surface area contributed by atoms with E-state index in [4.69, 9.17) is 10.5 Å². The lowest BCUT2D eigenvalue weighted by Gasteiger charge is -2.25. The van der Waals surface area contributed by atoms with Crippen LogP contribution in [0, 0.1) is 5.92 Å². The smallest absolute Gasteiger partial charge is 0.123 e. The highest BCUT2D eigenvalue weighted by Gasteiger charge is 2.13. The highest BCUT2D eigenvalue weighted by atomic mass is 16.5. The molecule has 0 bridgehead atoms. The Hall–Kier alpha value is -1.06. The monoisotopic (exact) mass is 292 g/mol. The van der Waals surface area contributed by atoms with Crippen molar-refractivity contribution in [1.82, 2.24) is 4.90 Å². The first-order valence-corrected chi connectivity index (χ1v) is 8.25. The molecule has 1 aromatic carbocycles. The topological polar surface area (TPSA) is 38.5 Å². The Balaban J connectivity index is 2.93. The van der Waals surface area contributed by atoms with E-state index >= 15 is 0 Å². The summed E-state index contributed by atoms with van der Waals surface area (Å²) in [5, 5.41) is 0. The first-order valence-electron chi connectivity index (χ1n) is 8.25. The molecule has 120 valence electrons. The van der Waals surface area contributed by atoms with E-state index in [0.29, 0.717) is 6.61 Å². The fraction of sp³-hybridized carbons (Fsp3) is 0.667. The average molecular weight is 292 g/mol. The Morgan fingerprint density at radius 2 is 1.90 bits per heavy atom. The normalized spacial score (nSPS) is 14.2. The van der Waals surface area contributed by atoms with Gasteiger partial charge in [-0.15, -0.1) is 0 Å². The van der Waals surface area contributed by atoms with Crippen molar-refractivity contribution in [3.05, 3.63) is 29.3 Å². The van der Waals surface area contributed by atoms with Crippen LogP contribution in [0.2, 0.25) is 0 Å². The Morgan fingerprint density at radius 1 is 1.19 bits per heavy atom. The van der Waals surface area contributed by atoms with Crippen molar-refractivity contribution < 1.29 is 4.74 Å².